The van der Waals surface area contributed by atoms with Crippen LogP contribution in [0.4, 0.5) is 0 Å². The van der Waals surface area contributed by atoms with Gasteiger partial charge in [-0.25, -0.2) is 9.78 Å². The van der Waals surface area contributed by atoms with E-state index in [1.165, 1.54) is 6.20 Å². The highest BCUT2D eigenvalue weighted by Gasteiger charge is 2.21. The second-order valence-electron chi connectivity index (χ2n) is 3.43. The van der Waals surface area contributed by atoms with Crippen molar-refractivity contribution in [2.24, 2.45) is 0 Å². The van der Waals surface area contributed by atoms with E-state index in [0.717, 1.165) is 0 Å². The van der Waals surface area contributed by atoms with Gasteiger partial charge in [0.05, 0.1) is 6.20 Å². The van der Waals surface area contributed by atoms with Crippen LogP contribution in [0, 0.1) is 6.92 Å². The summed E-state index contributed by atoms with van der Waals surface area (Å²) in [5, 5.41) is 11.2. The van der Waals surface area contributed by atoms with Gasteiger partial charge in [-0.05, 0) is 13.3 Å². The fourth-order valence-electron chi connectivity index (χ4n) is 1.23. The molecule has 0 aliphatic carbocycles. The summed E-state index contributed by atoms with van der Waals surface area (Å²) in [4.78, 5) is 26.0. The topological polar surface area (TPSA) is 92.4 Å². The standard InChI is InChI=1S/C10H14N2O4/c1-3-4-7(10(14)15)12-8(13)9-11-5-6(2)16-9/h5,7H,3-4H2,1-2H3,(H,12,13)(H,14,15). The molecular formula is C10H14N2O4. The fraction of sp³-hybridized carbons (Fsp3) is 0.500. The number of carboxylic acid groups (broad SMARTS) is 1. The lowest BCUT2D eigenvalue weighted by Gasteiger charge is -2.11. The van der Waals surface area contributed by atoms with E-state index in [1.54, 1.807) is 6.92 Å². The van der Waals surface area contributed by atoms with Crippen LogP contribution >= 0.6 is 0 Å². The number of aryl methyl sites for hydroxylation is 1. The molecule has 16 heavy (non-hydrogen) atoms. The molecule has 1 heterocycles. The van der Waals surface area contributed by atoms with E-state index in [-0.39, 0.29) is 5.89 Å². The molecule has 0 fully saturated rings. The summed E-state index contributed by atoms with van der Waals surface area (Å²) in [5.74, 6) is -1.26. The number of aromatic nitrogens is 1. The average Bonchev–Trinajstić information content (AvgIpc) is 2.64. The van der Waals surface area contributed by atoms with Crippen LogP contribution in [0.5, 0.6) is 0 Å². The molecule has 0 bridgehead atoms. The van der Waals surface area contributed by atoms with Gasteiger partial charge in [-0.15, -0.1) is 0 Å². The molecule has 88 valence electrons. The van der Waals surface area contributed by atoms with Crippen molar-refractivity contribution in [3.8, 4) is 0 Å². The third-order valence-electron chi connectivity index (χ3n) is 2.00. The molecular weight excluding hydrogens is 212 g/mol. The van der Waals surface area contributed by atoms with Crippen molar-refractivity contribution in [3.63, 3.8) is 0 Å². The summed E-state index contributed by atoms with van der Waals surface area (Å²) < 4.78 is 4.99. The van der Waals surface area contributed by atoms with E-state index in [0.29, 0.717) is 18.6 Å². The first-order valence-corrected chi connectivity index (χ1v) is 5.00. The molecule has 0 aromatic carbocycles. The third kappa shape index (κ3) is 3.08. The Kier molecular flexibility index (Phi) is 4.04. The fourth-order valence-corrected chi connectivity index (χ4v) is 1.23. The number of hydrogen-bond donors (Lipinski definition) is 2. The Hall–Kier alpha value is -1.85. The van der Waals surface area contributed by atoms with E-state index in [2.05, 4.69) is 10.3 Å². The first kappa shape index (κ1) is 12.2. The van der Waals surface area contributed by atoms with Crippen LogP contribution in [-0.2, 0) is 4.79 Å². The van der Waals surface area contributed by atoms with Crippen LogP contribution in [-0.4, -0.2) is 28.0 Å². The van der Waals surface area contributed by atoms with Crippen LogP contribution < -0.4 is 5.32 Å². The van der Waals surface area contributed by atoms with Gasteiger partial charge in [0.25, 0.3) is 5.89 Å². The first-order chi connectivity index (χ1) is 7.54. The van der Waals surface area contributed by atoms with Gasteiger partial charge >= 0.3 is 11.9 Å². The molecule has 6 nitrogen and oxygen atoms in total. The number of oxazole rings is 1. The summed E-state index contributed by atoms with van der Waals surface area (Å²) >= 11 is 0. The molecule has 1 rings (SSSR count). The number of aliphatic carboxylic acids is 1. The van der Waals surface area contributed by atoms with Crippen molar-refractivity contribution in [1.82, 2.24) is 10.3 Å². The molecule has 0 saturated heterocycles. The van der Waals surface area contributed by atoms with E-state index < -0.39 is 17.9 Å². The second kappa shape index (κ2) is 5.29. The monoisotopic (exact) mass is 226 g/mol. The maximum Gasteiger partial charge on any atom is 0.326 e. The van der Waals surface area contributed by atoms with Gasteiger partial charge in [0.15, 0.2) is 0 Å². The van der Waals surface area contributed by atoms with Gasteiger partial charge < -0.3 is 14.8 Å². The van der Waals surface area contributed by atoms with E-state index >= 15 is 0 Å². The smallest absolute Gasteiger partial charge is 0.326 e. The third-order valence-corrected chi connectivity index (χ3v) is 2.00. The number of carbonyl (C=O) groups excluding carboxylic acids is 1. The maximum absolute atomic E-state index is 11.5. The van der Waals surface area contributed by atoms with Crippen LogP contribution in [0.3, 0.4) is 0 Å². The molecule has 1 aromatic rings. The van der Waals surface area contributed by atoms with E-state index in [4.69, 9.17) is 9.52 Å². The van der Waals surface area contributed by atoms with Gasteiger partial charge in [-0.2, -0.15) is 0 Å². The van der Waals surface area contributed by atoms with Gasteiger partial charge in [0.2, 0.25) is 0 Å². The predicted octanol–water partition coefficient (Wildman–Crippen LogP) is 0.966. The molecule has 1 amide bonds. The van der Waals surface area contributed by atoms with Gasteiger partial charge in [-0.1, -0.05) is 13.3 Å². The molecule has 0 saturated carbocycles. The summed E-state index contributed by atoms with van der Waals surface area (Å²) in [6.45, 7) is 3.50. The zero-order valence-electron chi connectivity index (χ0n) is 9.19. The Morgan fingerprint density at radius 3 is 2.75 bits per heavy atom. The van der Waals surface area contributed by atoms with Crippen LogP contribution in [0.15, 0.2) is 10.6 Å². The molecule has 1 unspecified atom stereocenters. The molecule has 0 radical (unpaired) electrons. The number of carboxylic acids is 1. The lowest BCUT2D eigenvalue weighted by molar-refractivity contribution is -0.139. The van der Waals surface area contributed by atoms with Crippen molar-refractivity contribution in [2.75, 3.05) is 0 Å². The van der Waals surface area contributed by atoms with E-state index in [9.17, 15) is 9.59 Å². The second-order valence-corrected chi connectivity index (χ2v) is 3.43. The number of nitrogens with zero attached hydrogens (tertiary/aromatic N) is 1. The zero-order valence-corrected chi connectivity index (χ0v) is 9.19. The first-order valence-electron chi connectivity index (χ1n) is 5.00. The summed E-state index contributed by atoms with van der Waals surface area (Å²) in [6.07, 6.45) is 2.45. The Morgan fingerprint density at radius 2 is 2.31 bits per heavy atom. The summed E-state index contributed by atoms with van der Waals surface area (Å²) in [6, 6.07) is -0.898. The number of carbonyl (C=O) groups is 2. The van der Waals surface area contributed by atoms with Crippen molar-refractivity contribution >= 4 is 11.9 Å². The highest BCUT2D eigenvalue weighted by atomic mass is 16.4. The van der Waals surface area contributed by atoms with Gasteiger partial charge in [0, 0.05) is 0 Å². The quantitative estimate of drug-likeness (QED) is 0.780. The minimum absolute atomic E-state index is 0.111. The van der Waals surface area contributed by atoms with E-state index in [1.807, 2.05) is 6.92 Å². The number of rotatable bonds is 5. The largest absolute Gasteiger partial charge is 0.480 e. The Balaban J connectivity index is 2.65. The lowest BCUT2D eigenvalue weighted by atomic mass is 10.2. The molecule has 2 N–H and O–H groups in total. The summed E-state index contributed by atoms with van der Waals surface area (Å²) in [5.41, 5.74) is 0. The normalized spacial score (nSPS) is 12.1. The maximum atomic E-state index is 11.5. The average molecular weight is 226 g/mol. The van der Waals surface area contributed by atoms with Crippen LogP contribution in [0.25, 0.3) is 0 Å². The van der Waals surface area contributed by atoms with Crippen LogP contribution in [0.1, 0.15) is 36.2 Å². The molecule has 6 heteroatoms. The number of hydrogen-bond acceptors (Lipinski definition) is 4. The predicted molar refractivity (Wildman–Crippen MR) is 55.0 cm³/mol. The highest BCUT2D eigenvalue weighted by molar-refractivity contribution is 5.92. The minimum atomic E-state index is -1.06. The minimum Gasteiger partial charge on any atom is -0.480 e. The van der Waals surface area contributed by atoms with Crippen molar-refractivity contribution in [1.29, 1.82) is 0 Å². The van der Waals surface area contributed by atoms with Crippen LogP contribution in [0.2, 0.25) is 0 Å². The van der Waals surface area contributed by atoms with Gasteiger partial charge in [0.1, 0.15) is 11.8 Å². The van der Waals surface area contributed by atoms with Crippen molar-refractivity contribution in [2.45, 2.75) is 32.7 Å². The molecule has 1 aromatic heterocycles. The SMILES string of the molecule is CCCC(NC(=O)c1ncc(C)o1)C(=O)O. The zero-order chi connectivity index (χ0) is 12.1. The Bertz CT molecular complexity index is 386. The van der Waals surface area contributed by atoms with Crippen molar-refractivity contribution < 1.29 is 19.1 Å². The van der Waals surface area contributed by atoms with Crippen molar-refractivity contribution in [3.05, 3.63) is 17.8 Å². The Morgan fingerprint density at radius 1 is 1.62 bits per heavy atom. The van der Waals surface area contributed by atoms with Gasteiger partial charge in [-0.3, -0.25) is 4.79 Å². The summed E-state index contributed by atoms with van der Waals surface area (Å²) in [7, 11) is 0. The Labute approximate surface area is 92.7 Å². The number of nitrogens with one attached hydrogen (secondary N) is 1. The number of amides is 1. The highest BCUT2D eigenvalue weighted by Crippen LogP contribution is 2.03. The molecule has 0 spiro atoms. The molecule has 0 aliphatic rings. The lowest BCUT2D eigenvalue weighted by Crippen LogP contribution is -2.40. The molecule has 0 aliphatic heterocycles. The molecule has 1 atom stereocenters.